The molecule has 0 aliphatic rings. The van der Waals surface area contributed by atoms with Crippen molar-refractivity contribution in [2.75, 3.05) is 0 Å². The lowest BCUT2D eigenvalue weighted by Gasteiger charge is -2.10. The Morgan fingerprint density at radius 2 is 2.39 bits per heavy atom. The minimum Gasteiger partial charge on any atom is -0.347 e. The maximum atomic E-state index is 4.31. The number of imidazole rings is 1. The highest BCUT2D eigenvalue weighted by Crippen LogP contribution is 2.12. The van der Waals surface area contributed by atoms with E-state index >= 15 is 0 Å². The molecule has 0 bridgehead atoms. The summed E-state index contributed by atoms with van der Waals surface area (Å²) in [6.07, 6.45) is 7.46. The van der Waals surface area contributed by atoms with Crippen LogP contribution in [0.4, 0.5) is 0 Å². The molecule has 0 radical (unpaired) electrons. The van der Waals surface area contributed by atoms with Crippen LogP contribution in [0.2, 0.25) is 0 Å². The van der Waals surface area contributed by atoms with E-state index in [1.807, 2.05) is 35.2 Å². The first kappa shape index (κ1) is 11.0. The number of H-pyrrole nitrogens is 1. The highest BCUT2D eigenvalue weighted by atomic mass is 15.2. The molecule has 3 heterocycles. The Bertz CT molecular complexity index is 626. The van der Waals surface area contributed by atoms with Crippen LogP contribution in [0.5, 0.6) is 0 Å². The van der Waals surface area contributed by atoms with Gasteiger partial charge in [-0.25, -0.2) is 9.50 Å². The number of nitrogens with one attached hydrogen (secondary N) is 2. The molecule has 18 heavy (non-hydrogen) atoms. The second-order valence-corrected chi connectivity index (χ2v) is 4.28. The van der Waals surface area contributed by atoms with Gasteiger partial charge in [-0.2, -0.15) is 5.10 Å². The van der Waals surface area contributed by atoms with Crippen molar-refractivity contribution in [1.29, 1.82) is 0 Å². The number of aromatic nitrogens is 4. The second-order valence-electron chi connectivity index (χ2n) is 4.28. The third-order valence-corrected chi connectivity index (χ3v) is 3.03. The quantitative estimate of drug-likeness (QED) is 0.733. The summed E-state index contributed by atoms with van der Waals surface area (Å²) in [7, 11) is 0. The third-order valence-electron chi connectivity index (χ3n) is 3.03. The van der Waals surface area contributed by atoms with Crippen molar-refractivity contribution in [2.45, 2.75) is 19.5 Å². The van der Waals surface area contributed by atoms with E-state index in [0.717, 1.165) is 17.9 Å². The van der Waals surface area contributed by atoms with Gasteiger partial charge in [0.15, 0.2) is 0 Å². The fraction of sp³-hybridized carbons (Fsp3) is 0.231. The number of rotatable bonds is 4. The van der Waals surface area contributed by atoms with Gasteiger partial charge in [0.2, 0.25) is 0 Å². The summed E-state index contributed by atoms with van der Waals surface area (Å²) in [6.45, 7) is 2.86. The van der Waals surface area contributed by atoms with Crippen LogP contribution in [0.15, 0.2) is 43.0 Å². The van der Waals surface area contributed by atoms with Crippen molar-refractivity contribution >= 4 is 5.52 Å². The first-order chi connectivity index (χ1) is 8.84. The van der Waals surface area contributed by atoms with Gasteiger partial charge in [-0.3, -0.25) is 0 Å². The highest BCUT2D eigenvalue weighted by molar-refractivity contribution is 5.53. The zero-order chi connectivity index (χ0) is 12.4. The predicted octanol–water partition coefficient (Wildman–Crippen LogP) is 1.91. The van der Waals surface area contributed by atoms with Gasteiger partial charge in [0, 0.05) is 30.7 Å². The molecule has 0 aliphatic heterocycles. The molecule has 0 saturated heterocycles. The summed E-state index contributed by atoms with van der Waals surface area (Å²) < 4.78 is 1.88. The predicted molar refractivity (Wildman–Crippen MR) is 69.0 cm³/mol. The second kappa shape index (κ2) is 4.62. The van der Waals surface area contributed by atoms with E-state index in [9.17, 15) is 0 Å². The number of fused-ring (bicyclic) bond motifs is 1. The molecule has 3 rings (SSSR count). The van der Waals surface area contributed by atoms with Gasteiger partial charge < -0.3 is 10.3 Å². The molecular formula is C13H15N5. The maximum absolute atomic E-state index is 4.31. The molecule has 0 fully saturated rings. The van der Waals surface area contributed by atoms with Crippen LogP contribution in [0.1, 0.15) is 24.4 Å². The standard InChI is InChI=1S/C13H15N5/c1-10(13-14-5-6-15-13)16-8-11-9-17-18-7-3-2-4-12(11)18/h2-7,9-10,16H,8H2,1H3,(H,14,15). The monoisotopic (exact) mass is 241 g/mol. The summed E-state index contributed by atoms with van der Waals surface area (Å²) in [6, 6.07) is 6.26. The Kier molecular flexibility index (Phi) is 2.82. The smallest absolute Gasteiger partial charge is 0.122 e. The molecule has 3 aromatic heterocycles. The Morgan fingerprint density at radius 3 is 3.22 bits per heavy atom. The number of pyridine rings is 1. The fourth-order valence-electron chi connectivity index (χ4n) is 2.00. The van der Waals surface area contributed by atoms with E-state index in [0.29, 0.717) is 0 Å². The van der Waals surface area contributed by atoms with Gasteiger partial charge in [-0.15, -0.1) is 0 Å². The number of aromatic amines is 1. The van der Waals surface area contributed by atoms with Gasteiger partial charge in [0.25, 0.3) is 0 Å². The van der Waals surface area contributed by atoms with Crippen molar-refractivity contribution in [1.82, 2.24) is 24.9 Å². The molecule has 3 aromatic rings. The van der Waals surface area contributed by atoms with Crippen LogP contribution in [0.3, 0.4) is 0 Å². The van der Waals surface area contributed by atoms with Crippen molar-refractivity contribution in [3.05, 3.63) is 54.4 Å². The molecular weight excluding hydrogens is 226 g/mol. The molecule has 1 unspecified atom stereocenters. The van der Waals surface area contributed by atoms with Gasteiger partial charge in [0.05, 0.1) is 17.8 Å². The van der Waals surface area contributed by atoms with Crippen LogP contribution in [-0.4, -0.2) is 19.6 Å². The molecule has 0 aromatic carbocycles. The maximum Gasteiger partial charge on any atom is 0.122 e. The van der Waals surface area contributed by atoms with Crippen LogP contribution in [0.25, 0.3) is 5.52 Å². The zero-order valence-electron chi connectivity index (χ0n) is 10.2. The lowest BCUT2D eigenvalue weighted by atomic mass is 10.2. The van der Waals surface area contributed by atoms with E-state index in [-0.39, 0.29) is 6.04 Å². The molecule has 92 valence electrons. The van der Waals surface area contributed by atoms with E-state index in [1.54, 1.807) is 6.20 Å². The van der Waals surface area contributed by atoms with Gasteiger partial charge in [-0.05, 0) is 19.1 Å². The van der Waals surface area contributed by atoms with E-state index < -0.39 is 0 Å². The van der Waals surface area contributed by atoms with Crippen molar-refractivity contribution < 1.29 is 0 Å². The summed E-state index contributed by atoms with van der Waals surface area (Å²) in [4.78, 5) is 7.35. The molecule has 0 amide bonds. The first-order valence-corrected chi connectivity index (χ1v) is 5.98. The molecule has 0 saturated carbocycles. The zero-order valence-corrected chi connectivity index (χ0v) is 10.2. The lowest BCUT2D eigenvalue weighted by molar-refractivity contribution is 0.552. The Morgan fingerprint density at radius 1 is 1.44 bits per heavy atom. The molecule has 2 N–H and O–H groups in total. The number of nitrogens with zero attached hydrogens (tertiary/aromatic N) is 3. The van der Waals surface area contributed by atoms with Crippen LogP contribution in [0, 0.1) is 0 Å². The summed E-state index contributed by atoms with van der Waals surface area (Å²) in [5, 5.41) is 7.75. The Labute approximate surface area is 105 Å². The largest absolute Gasteiger partial charge is 0.347 e. The lowest BCUT2D eigenvalue weighted by Crippen LogP contribution is -2.19. The van der Waals surface area contributed by atoms with Gasteiger partial charge in [-0.1, -0.05) is 6.07 Å². The Balaban J connectivity index is 1.73. The average molecular weight is 241 g/mol. The van der Waals surface area contributed by atoms with Crippen molar-refractivity contribution in [3.8, 4) is 0 Å². The summed E-state index contributed by atoms with van der Waals surface area (Å²) in [5.41, 5.74) is 2.32. The van der Waals surface area contributed by atoms with E-state index in [2.05, 4.69) is 33.4 Å². The van der Waals surface area contributed by atoms with E-state index in [4.69, 9.17) is 0 Å². The first-order valence-electron chi connectivity index (χ1n) is 5.98. The highest BCUT2D eigenvalue weighted by Gasteiger charge is 2.08. The van der Waals surface area contributed by atoms with Crippen LogP contribution < -0.4 is 5.32 Å². The minimum atomic E-state index is 0.193. The number of hydrogen-bond donors (Lipinski definition) is 2. The summed E-state index contributed by atoms with van der Waals surface area (Å²) in [5.74, 6) is 0.950. The van der Waals surface area contributed by atoms with Gasteiger partial charge in [0.1, 0.15) is 5.82 Å². The molecule has 0 spiro atoms. The normalized spacial score (nSPS) is 12.9. The topological polar surface area (TPSA) is 58.0 Å². The van der Waals surface area contributed by atoms with Crippen molar-refractivity contribution in [2.24, 2.45) is 0 Å². The molecule has 0 aliphatic carbocycles. The van der Waals surface area contributed by atoms with Gasteiger partial charge >= 0.3 is 0 Å². The fourth-order valence-corrected chi connectivity index (χ4v) is 2.00. The minimum absolute atomic E-state index is 0.193. The van der Waals surface area contributed by atoms with E-state index in [1.165, 1.54) is 5.56 Å². The van der Waals surface area contributed by atoms with Crippen LogP contribution >= 0.6 is 0 Å². The molecule has 5 heteroatoms. The Hall–Kier alpha value is -2.14. The number of hydrogen-bond acceptors (Lipinski definition) is 3. The van der Waals surface area contributed by atoms with Crippen molar-refractivity contribution in [3.63, 3.8) is 0 Å². The molecule has 5 nitrogen and oxygen atoms in total. The summed E-state index contributed by atoms with van der Waals surface area (Å²) >= 11 is 0. The van der Waals surface area contributed by atoms with Crippen LogP contribution in [-0.2, 0) is 6.54 Å². The SMILES string of the molecule is CC(NCc1cnn2ccccc12)c1ncc[nH]1. The third kappa shape index (κ3) is 2.00. The average Bonchev–Trinajstić information content (AvgIpc) is 3.06. The molecule has 1 atom stereocenters.